The number of sulfone groups is 1. The SMILES string of the molecule is CC[C@H](C)[C@@H]1NC(=O)CNC(=O)[C@@H]2Cc3c([nH]c4ccccc34)S(=O)(=O)C[C@H](NC(=O)CNC1=O)C(=O)N[C@@H]([C@@H](C)C(=O)NCc1ccc(NC(=O)[C@H](C)NC(=O)[C@@H](NC(=O)CCN3C(=O)C=CC3=O)C(C)C)cc1)C(=O)N1C[C@H](O)C[C@]1(C=O)N[C@@H]([C@@H](C)[C@@H](O)CO)C(=O)N2. The van der Waals surface area contributed by atoms with Gasteiger partial charge in [0.05, 0.1) is 49.6 Å². The summed E-state index contributed by atoms with van der Waals surface area (Å²) in [4.78, 5) is 198. The van der Waals surface area contributed by atoms with Gasteiger partial charge >= 0.3 is 0 Å². The molecule has 3 aromatic rings. The number of nitrogens with zero attached hydrogens (tertiary/aromatic N) is 2. The van der Waals surface area contributed by atoms with Gasteiger partial charge in [0.25, 0.3) is 11.8 Å². The molecule has 1 fully saturated rings. The third-order valence-corrected chi connectivity index (χ3v) is 19.1. The van der Waals surface area contributed by atoms with E-state index in [1.54, 1.807) is 33.8 Å². The molecule has 4 aliphatic rings. The van der Waals surface area contributed by atoms with Crippen molar-refractivity contribution in [1.82, 2.24) is 68.0 Å². The standard InChI is InChI=1S/C62H82N14O19S/c1-8-31(4)50-57(90)65-24-45(82)68-42-28-96(94,95)60-39(38-11-9-10-12-40(38)70-60)21-41(55(88)64-25-46(83)72-50)69-59(92)51(32(5)43(80)27-77)74-62(29-78)22-37(79)26-76(62)61(93)52(73-56(42)89)33(6)53(86)63-23-35-13-15-36(16-14-35)67-54(87)34(7)66-58(91)49(30(2)3)71-44(81)19-20-75-47(84)17-18-48(75)85/h9-18,29-34,37,41-43,49-52,70,74,77,79-80H,8,19-28H2,1-7H3,(H,63,86)(H,64,88)(H,65,90)(H,66,91)(H,67,87)(H,68,82)(H,69,92)(H,71,81)(H,72,83)(H,73,89)/t31-,32-,33+,34-,37+,41-,42-,43-,49-,50-,51-,52-,62-/m0/s1. The molecule has 0 aliphatic carbocycles. The zero-order valence-corrected chi connectivity index (χ0v) is 54.6. The second-order valence-electron chi connectivity index (χ2n) is 24.7. The maximum Gasteiger partial charge on any atom is 0.253 e. The number of amides is 13. The maximum absolute atomic E-state index is 15.5. The molecule has 1 saturated heterocycles. The lowest BCUT2D eigenvalue weighted by molar-refractivity contribution is -0.149. The summed E-state index contributed by atoms with van der Waals surface area (Å²) in [5.41, 5.74) is -1.87. The van der Waals surface area contributed by atoms with Crippen molar-refractivity contribution in [2.24, 2.45) is 23.7 Å². The Morgan fingerprint density at radius 1 is 0.750 bits per heavy atom. The molecule has 0 saturated carbocycles. The van der Waals surface area contributed by atoms with E-state index in [0.29, 0.717) is 16.9 Å². The number of aromatic nitrogens is 1. The van der Waals surface area contributed by atoms with E-state index in [9.17, 15) is 68.1 Å². The lowest BCUT2D eigenvalue weighted by Crippen LogP contribution is -2.69. The van der Waals surface area contributed by atoms with E-state index in [4.69, 9.17) is 0 Å². The van der Waals surface area contributed by atoms with Crippen LogP contribution in [0.3, 0.4) is 0 Å². The Morgan fingerprint density at radius 3 is 2.03 bits per heavy atom. The smallest absolute Gasteiger partial charge is 0.253 e. The van der Waals surface area contributed by atoms with E-state index in [-0.39, 0.29) is 48.0 Å². The number of benzene rings is 2. The van der Waals surface area contributed by atoms with Crippen molar-refractivity contribution in [1.29, 1.82) is 0 Å². The minimum atomic E-state index is -4.98. The number of aldehydes is 1. The first-order valence-electron chi connectivity index (χ1n) is 31.2. The van der Waals surface area contributed by atoms with Crippen LogP contribution in [0.5, 0.6) is 0 Å². The molecule has 33 nitrogen and oxygen atoms in total. The molecule has 2 bridgehead atoms. The van der Waals surface area contributed by atoms with E-state index in [2.05, 4.69) is 63.5 Å². The van der Waals surface area contributed by atoms with E-state index in [0.717, 1.165) is 17.1 Å². The first-order chi connectivity index (χ1) is 45.3. The minimum Gasteiger partial charge on any atom is -0.394 e. The highest BCUT2D eigenvalue weighted by atomic mass is 32.2. The van der Waals surface area contributed by atoms with Gasteiger partial charge < -0.3 is 78.4 Å². The number of hydrogen-bond donors (Lipinski definition) is 15. The van der Waals surface area contributed by atoms with Crippen LogP contribution in [0.2, 0.25) is 0 Å². The molecular formula is C62H82N14O19S. The van der Waals surface area contributed by atoms with Crippen LogP contribution >= 0.6 is 0 Å². The summed E-state index contributed by atoms with van der Waals surface area (Å²) in [6, 6.07) is 0.163. The summed E-state index contributed by atoms with van der Waals surface area (Å²) in [5, 5.41) is 60.1. The first kappa shape index (κ1) is 73.9. The molecule has 4 aliphatic heterocycles. The highest BCUT2D eigenvalue weighted by Crippen LogP contribution is 2.32. The van der Waals surface area contributed by atoms with Crippen LogP contribution in [0, 0.1) is 23.7 Å². The zero-order chi connectivity index (χ0) is 70.7. The van der Waals surface area contributed by atoms with Gasteiger partial charge in [-0.15, -0.1) is 0 Å². The Hall–Kier alpha value is -9.51. The fourth-order valence-corrected chi connectivity index (χ4v) is 13.1. The molecule has 1 aromatic heterocycles. The molecule has 7 rings (SSSR count). The largest absolute Gasteiger partial charge is 0.394 e. The number of imide groups is 1. The Morgan fingerprint density at radius 2 is 1.40 bits per heavy atom. The Labute approximate surface area is 551 Å². The number of aliphatic hydroxyl groups is 3. The fraction of sp³-hybridized carbons (Fsp3) is 0.516. The average molecular weight is 1360 g/mol. The van der Waals surface area contributed by atoms with Crippen LogP contribution in [-0.4, -0.2) is 220 Å². The third-order valence-electron chi connectivity index (χ3n) is 17.4. The van der Waals surface area contributed by atoms with E-state index < -0.39 is 220 Å². The number of carbonyl (C=O) groups excluding carboxylic acids is 14. The van der Waals surface area contributed by atoms with Gasteiger partial charge in [-0.05, 0) is 48.1 Å². The van der Waals surface area contributed by atoms with Gasteiger partial charge in [0.1, 0.15) is 41.3 Å². The molecule has 0 unspecified atom stereocenters. The van der Waals surface area contributed by atoms with E-state index in [1.807, 2.05) is 0 Å². The summed E-state index contributed by atoms with van der Waals surface area (Å²) in [5.74, 6) is -17.7. The van der Waals surface area contributed by atoms with Crippen LogP contribution in [0.15, 0.2) is 65.7 Å². The molecule has 2 aromatic carbocycles. The van der Waals surface area contributed by atoms with Crippen LogP contribution in [0.1, 0.15) is 78.9 Å². The monoisotopic (exact) mass is 1360 g/mol. The molecule has 0 radical (unpaired) electrons. The number of para-hydroxylation sites is 1. The lowest BCUT2D eigenvalue weighted by atomic mass is 9.91. The molecule has 96 heavy (non-hydrogen) atoms. The number of carbonyl (C=O) groups is 14. The van der Waals surface area contributed by atoms with E-state index >= 15 is 22.8 Å². The first-order valence-corrected chi connectivity index (χ1v) is 32.9. The summed E-state index contributed by atoms with van der Waals surface area (Å²) < 4.78 is 30.2. The number of aromatic amines is 1. The van der Waals surface area contributed by atoms with Crippen molar-refractivity contribution in [3.05, 3.63) is 71.8 Å². The summed E-state index contributed by atoms with van der Waals surface area (Å²) in [6.45, 7) is 6.46. The minimum absolute atomic E-state index is 0.150. The van der Waals surface area contributed by atoms with Crippen LogP contribution in [0.4, 0.5) is 5.69 Å². The van der Waals surface area contributed by atoms with Crippen LogP contribution in [0.25, 0.3) is 10.9 Å². The van der Waals surface area contributed by atoms with Crippen molar-refractivity contribution in [3.63, 3.8) is 0 Å². The molecule has 0 spiro atoms. The van der Waals surface area contributed by atoms with Crippen LogP contribution < -0.4 is 58.5 Å². The van der Waals surface area contributed by atoms with Gasteiger partial charge in [-0.2, -0.15) is 0 Å². The maximum atomic E-state index is 15.5. The highest BCUT2D eigenvalue weighted by molar-refractivity contribution is 7.91. The number of hydrogen-bond acceptors (Lipinski definition) is 20. The topological polar surface area (TPSA) is 488 Å². The van der Waals surface area contributed by atoms with Crippen molar-refractivity contribution < 1.29 is 90.9 Å². The molecular weight excluding hydrogens is 1280 g/mol. The zero-order valence-electron chi connectivity index (χ0n) is 53.8. The number of aliphatic hydroxyl groups excluding tert-OH is 3. The Kier molecular flexibility index (Phi) is 24.5. The summed E-state index contributed by atoms with van der Waals surface area (Å²) in [6.07, 6.45) is -2.45. The van der Waals surface area contributed by atoms with Gasteiger partial charge in [0, 0.05) is 73.6 Å². The Balaban J connectivity index is 1.21. The highest BCUT2D eigenvalue weighted by Gasteiger charge is 2.54. The van der Waals surface area contributed by atoms with Crippen molar-refractivity contribution in [2.45, 2.75) is 146 Å². The number of nitrogens with one attached hydrogen (secondary N) is 12. The van der Waals surface area contributed by atoms with Gasteiger partial charge in [-0.1, -0.05) is 78.3 Å². The second-order valence-corrected chi connectivity index (χ2v) is 26.7. The van der Waals surface area contributed by atoms with E-state index in [1.165, 1.54) is 63.2 Å². The Bertz CT molecular complexity index is 3660. The molecule has 520 valence electrons. The predicted octanol–water partition coefficient (Wildman–Crippen LogP) is -4.98. The number of anilines is 1. The quantitative estimate of drug-likeness (QED) is 0.0395. The van der Waals surface area contributed by atoms with Gasteiger partial charge in [-0.25, -0.2) is 8.42 Å². The normalized spacial score (nSPS) is 24.9. The molecule has 34 heteroatoms. The van der Waals surface area contributed by atoms with Gasteiger partial charge in [0.15, 0.2) is 21.8 Å². The third kappa shape index (κ3) is 17.7. The molecule has 13 amide bonds. The summed E-state index contributed by atoms with van der Waals surface area (Å²) >= 11 is 0. The van der Waals surface area contributed by atoms with Crippen LogP contribution in [-0.2, 0) is 89.9 Å². The fourth-order valence-electron chi connectivity index (χ4n) is 11.4. The molecule has 5 heterocycles. The van der Waals surface area contributed by atoms with Gasteiger partial charge in [0.2, 0.25) is 65.0 Å². The second kappa shape index (κ2) is 31.8. The van der Waals surface area contributed by atoms with Gasteiger partial charge in [-0.3, -0.25) is 77.3 Å². The van der Waals surface area contributed by atoms with Crippen molar-refractivity contribution >= 4 is 110 Å². The number of fused-ring (bicyclic) bond motifs is 5. The summed E-state index contributed by atoms with van der Waals surface area (Å²) in [7, 11) is -4.98. The van der Waals surface area contributed by atoms with Crippen molar-refractivity contribution in [3.8, 4) is 0 Å². The number of H-pyrrole nitrogens is 1. The average Bonchev–Trinajstić information content (AvgIpc) is 1.58. The molecule has 13 atom stereocenters. The molecule has 15 N–H and O–H groups in total. The lowest BCUT2D eigenvalue weighted by Gasteiger charge is -2.41. The van der Waals surface area contributed by atoms with Crippen molar-refractivity contribution in [2.75, 3.05) is 43.9 Å². The number of rotatable bonds is 19. The predicted molar refractivity (Wildman–Crippen MR) is 338 cm³/mol.